The molecule has 1 aromatic carbocycles. The normalized spacial score (nSPS) is 26.1. The molecular weight excluding hydrogens is 271 g/mol. The summed E-state index contributed by atoms with van der Waals surface area (Å²) in [6.45, 7) is 0.226. The number of rotatable bonds is 2. The van der Waals surface area contributed by atoms with Gasteiger partial charge >= 0.3 is 0 Å². The van der Waals surface area contributed by atoms with E-state index in [0.717, 1.165) is 6.07 Å². The van der Waals surface area contributed by atoms with Crippen molar-refractivity contribution in [2.75, 3.05) is 13.1 Å². The van der Waals surface area contributed by atoms with Crippen molar-refractivity contribution in [1.82, 2.24) is 4.31 Å². The van der Waals surface area contributed by atoms with Crippen LogP contribution >= 0.6 is 0 Å². The van der Waals surface area contributed by atoms with Gasteiger partial charge in [-0.2, -0.15) is 4.31 Å². The Morgan fingerprint density at radius 1 is 1.42 bits per heavy atom. The van der Waals surface area contributed by atoms with Crippen LogP contribution in [0.5, 0.6) is 0 Å². The molecule has 0 bridgehead atoms. The molecule has 2 rings (SSSR count). The van der Waals surface area contributed by atoms with Gasteiger partial charge in [-0.3, -0.25) is 0 Å². The number of hydrogen-bond acceptors (Lipinski definition) is 4. The Bertz CT molecular complexity index is 550. The van der Waals surface area contributed by atoms with Crippen molar-refractivity contribution < 1.29 is 17.9 Å². The Hall–Kier alpha value is -1.02. The zero-order chi connectivity index (χ0) is 14.0. The SMILES string of the molecule is NC1CCCN(S(=O)(=O)c2cccc(F)c2)CC1O. The highest BCUT2D eigenvalue weighted by molar-refractivity contribution is 7.89. The Balaban J connectivity index is 2.29. The van der Waals surface area contributed by atoms with Crippen molar-refractivity contribution in [1.29, 1.82) is 0 Å². The summed E-state index contributed by atoms with van der Waals surface area (Å²) in [5.74, 6) is -0.604. The second-order valence-corrected chi connectivity index (χ2v) is 6.63. The second-order valence-electron chi connectivity index (χ2n) is 4.69. The molecule has 1 aromatic rings. The van der Waals surface area contributed by atoms with E-state index in [1.807, 2.05) is 0 Å². The summed E-state index contributed by atoms with van der Waals surface area (Å²) in [5, 5.41) is 9.79. The van der Waals surface area contributed by atoms with E-state index in [9.17, 15) is 17.9 Å². The van der Waals surface area contributed by atoms with E-state index in [2.05, 4.69) is 0 Å². The Morgan fingerprint density at radius 2 is 2.16 bits per heavy atom. The maximum absolute atomic E-state index is 13.1. The van der Waals surface area contributed by atoms with Gasteiger partial charge in [-0.25, -0.2) is 12.8 Å². The molecule has 0 aliphatic carbocycles. The van der Waals surface area contributed by atoms with Gasteiger partial charge in [0.1, 0.15) is 5.82 Å². The Kier molecular flexibility index (Phi) is 4.19. The number of halogens is 1. The fourth-order valence-corrected chi connectivity index (χ4v) is 3.65. The highest BCUT2D eigenvalue weighted by atomic mass is 32.2. The van der Waals surface area contributed by atoms with Crippen molar-refractivity contribution in [3.8, 4) is 0 Å². The number of aliphatic hydroxyl groups excluding tert-OH is 1. The fourth-order valence-electron chi connectivity index (χ4n) is 2.13. The molecule has 3 N–H and O–H groups in total. The minimum absolute atomic E-state index is 0.0555. The van der Waals surface area contributed by atoms with E-state index in [1.165, 1.54) is 22.5 Å². The first-order valence-electron chi connectivity index (χ1n) is 6.10. The van der Waals surface area contributed by atoms with Crippen LogP contribution < -0.4 is 5.73 Å². The van der Waals surface area contributed by atoms with Gasteiger partial charge in [0.15, 0.2) is 0 Å². The molecule has 0 saturated carbocycles. The van der Waals surface area contributed by atoms with Crippen LogP contribution in [0.2, 0.25) is 0 Å². The average molecular weight is 288 g/mol. The molecule has 0 amide bonds. The van der Waals surface area contributed by atoms with E-state index in [4.69, 9.17) is 5.73 Å². The number of hydrogen-bond donors (Lipinski definition) is 2. The summed E-state index contributed by atoms with van der Waals surface area (Å²) >= 11 is 0. The number of benzene rings is 1. The molecular formula is C12H17FN2O3S. The number of aliphatic hydroxyl groups is 1. The van der Waals surface area contributed by atoms with Crippen molar-refractivity contribution in [2.24, 2.45) is 5.73 Å². The molecule has 1 saturated heterocycles. The molecule has 2 atom stereocenters. The first-order valence-corrected chi connectivity index (χ1v) is 7.54. The third-order valence-corrected chi connectivity index (χ3v) is 5.12. The van der Waals surface area contributed by atoms with Gasteiger partial charge in [0, 0.05) is 19.1 Å². The number of β-amino-alcohol motifs (C(OH)–C–C–N with tert-alkyl or cyclic N) is 1. The van der Waals surface area contributed by atoms with Crippen LogP contribution in [0.15, 0.2) is 29.2 Å². The van der Waals surface area contributed by atoms with E-state index in [-0.39, 0.29) is 18.0 Å². The lowest BCUT2D eigenvalue weighted by atomic mass is 10.1. The summed E-state index contributed by atoms with van der Waals surface area (Å²) in [6, 6.07) is 4.43. The van der Waals surface area contributed by atoms with Gasteiger partial charge in [0.2, 0.25) is 10.0 Å². The number of nitrogens with two attached hydrogens (primary N) is 1. The highest BCUT2D eigenvalue weighted by Gasteiger charge is 2.31. The molecule has 106 valence electrons. The first-order chi connectivity index (χ1) is 8.91. The molecule has 0 radical (unpaired) electrons. The minimum atomic E-state index is -3.79. The zero-order valence-corrected chi connectivity index (χ0v) is 11.2. The van der Waals surface area contributed by atoms with E-state index in [0.29, 0.717) is 12.8 Å². The standard InChI is InChI=1S/C12H17FN2O3S/c13-9-3-1-4-10(7-9)19(17,18)15-6-2-5-11(14)12(16)8-15/h1,3-4,7,11-12,16H,2,5-6,8,14H2. The molecule has 2 unspecified atom stereocenters. The number of nitrogens with zero attached hydrogens (tertiary/aromatic N) is 1. The lowest BCUT2D eigenvalue weighted by molar-refractivity contribution is 0.130. The smallest absolute Gasteiger partial charge is 0.243 e. The predicted molar refractivity (Wildman–Crippen MR) is 68.4 cm³/mol. The minimum Gasteiger partial charge on any atom is -0.390 e. The van der Waals surface area contributed by atoms with Crippen molar-refractivity contribution in [3.05, 3.63) is 30.1 Å². The molecule has 1 fully saturated rings. The van der Waals surface area contributed by atoms with Gasteiger partial charge in [-0.05, 0) is 31.0 Å². The Labute approximate surface area is 111 Å². The van der Waals surface area contributed by atoms with E-state index >= 15 is 0 Å². The van der Waals surface area contributed by atoms with Crippen LogP contribution in [-0.4, -0.2) is 43.1 Å². The van der Waals surface area contributed by atoms with Gasteiger partial charge in [-0.1, -0.05) is 6.07 Å². The Morgan fingerprint density at radius 3 is 2.84 bits per heavy atom. The molecule has 19 heavy (non-hydrogen) atoms. The summed E-state index contributed by atoms with van der Waals surface area (Å²) in [4.78, 5) is -0.102. The van der Waals surface area contributed by atoms with Crippen LogP contribution in [0.1, 0.15) is 12.8 Å². The van der Waals surface area contributed by atoms with Crippen LogP contribution in [0.4, 0.5) is 4.39 Å². The number of sulfonamides is 1. The largest absolute Gasteiger partial charge is 0.390 e. The van der Waals surface area contributed by atoms with Crippen LogP contribution in [0.3, 0.4) is 0 Å². The summed E-state index contributed by atoms with van der Waals surface area (Å²) in [5.41, 5.74) is 5.72. The summed E-state index contributed by atoms with van der Waals surface area (Å²) in [6.07, 6.45) is 0.245. The second kappa shape index (κ2) is 5.54. The topological polar surface area (TPSA) is 83.6 Å². The molecule has 1 aliphatic heterocycles. The van der Waals surface area contributed by atoms with Gasteiger partial charge < -0.3 is 10.8 Å². The summed E-state index contributed by atoms with van der Waals surface area (Å²) in [7, 11) is -3.79. The zero-order valence-electron chi connectivity index (χ0n) is 10.4. The van der Waals surface area contributed by atoms with Gasteiger partial charge in [0.25, 0.3) is 0 Å². The van der Waals surface area contributed by atoms with Crippen molar-refractivity contribution in [3.63, 3.8) is 0 Å². The highest BCUT2D eigenvalue weighted by Crippen LogP contribution is 2.20. The molecule has 0 spiro atoms. The van der Waals surface area contributed by atoms with Gasteiger partial charge in [0.05, 0.1) is 11.0 Å². The predicted octanol–water partition coefficient (Wildman–Crippen LogP) is 0.298. The first kappa shape index (κ1) is 14.4. The van der Waals surface area contributed by atoms with Crippen LogP contribution in [0, 0.1) is 5.82 Å². The molecule has 0 aromatic heterocycles. The third-order valence-electron chi connectivity index (χ3n) is 3.26. The monoisotopic (exact) mass is 288 g/mol. The van der Waals surface area contributed by atoms with Gasteiger partial charge in [-0.15, -0.1) is 0 Å². The maximum atomic E-state index is 13.1. The summed E-state index contributed by atoms with van der Waals surface area (Å²) < 4.78 is 39.0. The average Bonchev–Trinajstić information content (AvgIpc) is 2.52. The van der Waals surface area contributed by atoms with Crippen molar-refractivity contribution in [2.45, 2.75) is 29.9 Å². The fraction of sp³-hybridized carbons (Fsp3) is 0.500. The van der Waals surface area contributed by atoms with Crippen molar-refractivity contribution >= 4 is 10.0 Å². The van der Waals surface area contributed by atoms with E-state index < -0.39 is 28.0 Å². The van der Waals surface area contributed by atoms with Crippen LogP contribution in [0.25, 0.3) is 0 Å². The molecule has 1 aliphatic rings. The van der Waals surface area contributed by atoms with E-state index in [1.54, 1.807) is 0 Å². The lowest BCUT2D eigenvalue weighted by Crippen LogP contribution is -2.42. The molecule has 5 nitrogen and oxygen atoms in total. The molecule has 1 heterocycles. The lowest BCUT2D eigenvalue weighted by Gasteiger charge is -2.22. The molecule has 7 heteroatoms. The maximum Gasteiger partial charge on any atom is 0.243 e. The van der Waals surface area contributed by atoms with Crippen LogP contribution in [-0.2, 0) is 10.0 Å². The quantitative estimate of drug-likeness (QED) is 0.820. The third kappa shape index (κ3) is 3.11.